The first-order valence-electron chi connectivity index (χ1n) is 9.70. The summed E-state index contributed by atoms with van der Waals surface area (Å²) in [5, 5.41) is 1.65. The van der Waals surface area contributed by atoms with E-state index in [0.717, 1.165) is 31.4 Å². The summed E-state index contributed by atoms with van der Waals surface area (Å²) in [4.78, 5) is 24.6. The number of benzene rings is 1. The molecule has 0 radical (unpaired) electrons. The van der Waals surface area contributed by atoms with Crippen molar-refractivity contribution in [2.45, 2.75) is 53.4 Å². The van der Waals surface area contributed by atoms with Gasteiger partial charge in [0.15, 0.2) is 0 Å². The second-order valence-electron chi connectivity index (χ2n) is 6.95. The van der Waals surface area contributed by atoms with Gasteiger partial charge in [0.05, 0.1) is 12.5 Å². The molecule has 0 aliphatic heterocycles. The minimum atomic E-state index is -0.569. The Labute approximate surface area is 158 Å². The van der Waals surface area contributed by atoms with Crippen molar-refractivity contribution >= 4 is 11.7 Å². The molecule has 1 aromatic rings. The number of carbonyl (C=O) groups excluding carboxylic acids is 2. The van der Waals surface area contributed by atoms with Crippen LogP contribution in [0.1, 0.15) is 53.4 Å². The average Bonchev–Trinajstić information content (AvgIpc) is 2.60. The van der Waals surface area contributed by atoms with Crippen LogP contribution < -0.4 is 10.2 Å². The van der Waals surface area contributed by atoms with Crippen molar-refractivity contribution in [2.24, 2.45) is 11.8 Å². The van der Waals surface area contributed by atoms with Gasteiger partial charge in [0, 0.05) is 13.1 Å². The zero-order chi connectivity index (χ0) is 19.4. The van der Waals surface area contributed by atoms with E-state index in [4.69, 9.17) is 4.74 Å². The molecule has 0 heterocycles. The molecule has 0 spiro atoms. The van der Waals surface area contributed by atoms with Gasteiger partial charge in [-0.2, -0.15) is 0 Å². The molecule has 1 atom stereocenters. The maximum absolute atomic E-state index is 12.8. The van der Waals surface area contributed by atoms with Crippen molar-refractivity contribution in [2.75, 3.05) is 19.7 Å². The second kappa shape index (κ2) is 12.5. The minimum absolute atomic E-state index is 0.00481. The lowest BCUT2D eigenvalue weighted by molar-refractivity contribution is -0.145. The highest BCUT2D eigenvalue weighted by molar-refractivity contribution is 6.00. The van der Waals surface area contributed by atoms with Gasteiger partial charge in [0.2, 0.25) is 5.91 Å². The van der Waals surface area contributed by atoms with Gasteiger partial charge in [0.25, 0.3) is 0 Å². The molecule has 0 bridgehead atoms. The van der Waals surface area contributed by atoms with E-state index in [1.807, 2.05) is 44.2 Å². The molecular formula is C21H34N2O3. The Morgan fingerprint density at radius 3 is 2.38 bits per heavy atom. The first-order valence-corrected chi connectivity index (χ1v) is 9.70. The Kier molecular flexibility index (Phi) is 10.6. The Morgan fingerprint density at radius 2 is 1.81 bits per heavy atom. The number of para-hydroxylation sites is 1. The predicted octanol–water partition coefficient (Wildman–Crippen LogP) is 3.84. The van der Waals surface area contributed by atoms with Crippen LogP contribution in [0.2, 0.25) is 0 Å². The Morgan fingerprint density at radius 1 is 1.12 bits per heavy atom. The highest BCUT2D eigenvalue weighted by atomic mass is 16.5. The summed E-state index contributed by atoms with van der Waals surface area (Å²) in [7, 11) is 0. The number of hydrogen-bond acceptors (Lipinski definition) is 4. The van der Waals surface area contributed by atoms with Crippen molar-refractivity contribution in [3.05, 3.63) is 30.3 Å². The molecule has 0 aliphatic rings. The quantitative estimate of drug-likeness (QED) is 0.329. The van der Waals surface area contributed by atoms with Gasteiger partial charge in [-0.3, -0.25) is 14.6 Å². The van der Waals surface area contributed by atoms with E-state index in [-0.39, 0.29) is 17.6 Å². The normalized spacial score (nSPS) is 12.0. The Hall–Kier alpha value is -1.88. The number of rotatable bonds is 13. The summed E-state index contributed by atoms with van der Waals surface area (Å²) in [6.45, 7) is 9.40. The molecule has 5 nitrogen and oxygen atoms in total. The smallest absolute Gasteiger partial charge is 0.247 e. The lowest BCUT2D eigenvalue weighted by atomic mass is 9.91. The molecule has 1 amide bonds. The summed E-state index contributed by atoms with van der Waals surface area (Å²) in [5.41, 5.74) is 3.22. The standard InChI is InChI=1S/C21H34N2O3/c1-5-6-15-23(21(25)20(17(2)3)18(4)24)22-14-10-11-16-26-19-12-8-7-9-13-19/h7-9,12-13,17,20,22H,5-6,10-11,14-16H2,1-4H3. The Bertz CT molecular complexity index is 531. The van der Waals surface area contributed by atoms with Crippen molar-refractivity contribution in [3.8, 4) is 5.75 Å². The maximum Gasteiger partial charge on any atom is 0.247 e. The number of hydrazine groups is 1. The van der Waals surface area contributed by atoms with Gasteiger partial charge in [0.1, 0.15) is 11.5 Å². The molecule has 0 fully saturated rings. The molecule has 146 valence electrons. The van der Waals surface area contributed by atoms with Crippen molar-refractivity contribution < 1.29 is 14.3 Å². The van der Waals surface area contributed by atoms with Gasteiger partial charge in [-0.05, 0) is 44.2 Å². The van der Waals surface area contributed by atoms with E-state index in [2.05, 4.69) is 12.3 Å². The lowest BCUT2D eigenvalue weighted by Gasteiger charge is -2.28. The van der Waals surface area contributed by atoms with Gasteiger partial charge in [-0.15, -0.1) is 0 Å². The SMILES string of the molecule is CCCCN(NCCCCOc1ccccc1)C(=O)C(C(C)=O)C(C)C. The third-order valence-electron chi connectivity index (χ3n) is 4.26. The summed E-state index contributed by atoms with van der Waals surface area (Å²) in [5.74, 6) is 0.137. The molecule has 1 unspecified atom stereocenters. The maximum atomic E-state index is 12.8. The number of ketones is 1. The van der Waals surface area contributed by atoms with Crippen LogP contribution in [0.15, 0.2) is 30.3 Å². The van der Waals surface area contributed by atoms with E-state index < -0.39 is 5.92 Å². The fourth-order valence-corrected chi connectivity index (χ4v) is 2.83. The molecule has 0 saturated carbocycles. The largest absolute Gasteiger partial charge is 0.494 e. The number of nitrogens with one attached hydrogen (secondary N) is 1. The zero-order valence-corrected chi connectivity index (χ0v) is 16.7. The van der Waals surface area contributed by atoms with Crippen LogP contribution in [-0.4, -0.2) is 36.4 Å². The third kappa shape index (κ3) is 8.00. The summed E-state index contributed by atoms with van der Waals surface area (Å²) in [6, 6.07) is 9.75. The van der Waals surface area contributed by atoms with Crippen LogP contribution in [0.4, 0.5) is 0 Å². The van der Waals surface area contributed by atoms with Gasteiger partial charge < -0.3 is 4.74 Å². The van der Waals surface area contributed by atoms with Crippen LogP contribution in [0.25, 0.3) is 0 Å². The number of unbranched alkanes of at least 4 members (excludes halogenated alkanes) is 2. The van der Waals surface area contributed by atoms with Crippen LogP contribution in [0.5, 0.6) is 5.75 Å². The molecule has 1 rings (SSSR count). The van der Waals surface area contributed by atoms with Crippen LogP contribution in [-0.2, 0) is 9.59 Å². The van der Waals surface area contributed by atoms with Crippen molar-refractivity contribution in [3.63, 3.8) is 0 Å². The van der Waals surface area contributed by atoms with E-state index in [1.54, 1.807) is 5.01 Å². The monoisotopic (exact) mass is 362 g/mol. The van der Waals surface area contributed by atoms with Crippen LogP contribution in [0.3, 0.4) is 0 Å². The highest BCUT2D eigenvalue weighted by Crippen LogP contribution is 2.15. The molecule has 1 aromatic carbocycles. The molecule has 5 heteroatoms. The van der Waals surface area contributed by atoms with E-state index in [1.165, 1.54) is 6.92 Å². The number of Topliss-reactive ketones (excluding diaryl/α,β-unsaturated/α-hetero) is 1. The van der Waals surface area contributed by atoms with E-state index >= 15 is 0 Å². The van der Waals surface area contributed by atoms with Crippen molar-refractivity contribution in [1.29, 1.82) is 0 Å². The highest BCUT2D eigenvalue weighted by Gasteiger charge is 2.30. The number of carbonyl (C=O) groups is 2. The van der Waals surface area contributed by atoms with Gasteiger partial charge >= 0.3 is 0 Å². The fourth-order valence-electron chi connectivity index (χ4n) is 2.83. The first kappa shape index (κ1) is 22.2. The topological polar surface area (TPSA) is 58.6 Å². The fraction of sp³-hybridized carbons (Fsp3) is 0.619. The third-order valence-corrected chi connectivity index (χ3v) is 4.26. The number of hydrogen-bond donors (Lipinski definition) is 1. The van der Waals surface area contributed by atoms with Crippen molar-refractivity contribution in [1.82, 2.24) is 10.4 Å². The number of nitrogens with zero attached hydrogens (tertiary/aromatic N) is 1. The summed E-state index contributed by atoms with van der Waals surface area (Å²) in [6.07, 6.45) is 3.72. The number of amides is 1. The second-order valence-corrected chi connectivity index (χ2v) is 6.95. The zero-order valence-electron chi connectivity index (χ0n) is 16.7. The molecule has 26 heavy (non-hydrogen) atoms. The van der Waals surface area contributed by atoms with Gasteiger partial charge in [-0.25, -0.2) is 5.43 Å². The first-order chi connectivity index (χ1) is 12.5. The summed E-state index contributed by atoms with van der Waals surface area (Å²) >= 11 is 0. The van der Waals surface area contributed by atoms with E-state index in [0.29, 0.717) is 19.7 Å². The molecule has 1 N–H and O–H groups in total. The molecule has 0 saturated heterocycles. The molecule has 0 aliphatic carbocycles. The molecular weight excluding hydrogens is 328 g/mol. The molecule has 0 aromatic heterocycles. The number of ether oxygens (including phenoxy) is 1. The predicted molar refractivity (Wildman–Crippen MR) is 105 cm³/mol. The minimum Gasteiger partial charge on any atom is -0.494 e. The van der Waals surface area contributed by atoms with E-state index in [9.17, 15) is 9.59 Å². The van der Waals surface area contributed by atoms with Crippen LogP contribution >= 0.6 is 0 Å². The van der Waals surface area contributed by atoms with Crippen LogP contribution in [0, 0.1) is 11.8 Å². The average molecular weight is 363 g/mol. The van der Waals surface area contributed by atoms with Gasteiger partial charge in [-0.1, -0.05) is 45.4 Å². The Balaban J connectivity index is 2.41. The summed E-state index contributed by atoms with van der Waals surface area (Å²) < 4.78 is 5.67. The lowest BCUT2D eigenvalue weighted by Crippen LogP contribution is -2.49.